The van der Waals surface area contributed by atoms with Crippen LogP contribution in [-0.4, -0.2) is 28.0 Å². The number of nitrogens with zero attached hydrogens (tertiary/aromatic N) is 1. The van der Waals surface area contributed by atoms with Crippen LogP contribution >= 0.6 is 11.3 Å². The second kappa shape index (κ2) is 9.33. The van der Waals surface area contributed by atoms with Crippen molar-refractivity contribution in [3.8, 4) is 5.75 Å². The van der Waals surface area contributed by atoms with E-state index < -0.39 is 12.0 Å². The number of amides is 1. The molecule has 2 aromatic rings. The van der Waals surface area contributed by atoms with Crippen LogP contribution in [0.1, 0.15) is 36.5 Å². The summed E-state index contributed by atoms with van der Waals surface area (Å²) < 4.78 is 5.67. The van der Waals surface area contributed by atoms with E-state index in [1.165, 1.54) is 11.3 Å². The lowest BCUT2D eigenvalue weighted by atomic mass is 10.0. The molecule has 0 aliphatic heterocycles. The number of thiazole rings is 1. The zero-order valence-corrected chi connectivity index (χ0v) is 16.0. The van der Waals surface area contributed by atoms with E-state index >= 15 is 0 Å². The Morgan fingerprint density at radius 2 is 1.96 bits per heavy atom. The number of aromatic nitrogens is 1. The first kappa shape index (κ1) is 19.9. The topological polar surface area (TPSA) is 88.5 Å². The smallest absolute Gasteiger partial charge is 0.326 e. The first-order valence-electron chi connectivity index (χ1n) is 8.48. The Morgan fingerprint density at radius 1 is 1.27 bits per heavy atom. The van der Waals surface area contributed by atoms with Gasteiger partial charge in [0, 0.05) is 5.38 Å². The number of benzene rings is 1. The monoisotopic (exact) mass is 376 g/mol. The molecule has 1 amide bonds. The van der Waals surface area contributed by atoms with Crippen molar-refractivity contribution < 1.29 is 19.4 Å². The van der Waals surface area contributed by atoms with Crippen molar-refractivity contribution in [1.29, 1.82) is 0 Å². The van der Waals surface area contributed by atoms with Crippen molar-refractivity contribution in [1.82, 2.24) is 10.3 Å². The third-order valence-electron chi connectivity index (χ3n) is 3.66. The van der Waals surface area contributed by atoms with E-state index in [2.05, 4.69) is 10.3 Å². The summed E-state index contributed by atoms with van der Waals surface area (Å²) in [6.07, 6.45) is 0.455. The molecule has 0 saturated heterocycles. The molecular formula is C19H24N2O4S. The highest BCUT2D eigenvalue weighted by atomic mass is 32.1. The molecule has 1 aromatic carbocycles. The Labute approximate surface area is 157 Å². The van der Waals surface area contributed by atoms with Crippen molar-refractivity contribution >= 4 is 23.2 Å². The lowest BCUT2D eigenvalue weighted by molar-refractivity contribution is -0.142. The van der Waals surface area contributed by atoms with Gasteiger partial charge in [0.15, 0.2) is 0 Å². The fraction of sp³-hybridized carbons (Fsp3) is 0.421. The Morgan fingerprint density at radius 3 is 2.58 bits per heavy atom. The van der Waals surface area contributed by atoms with Crippen LogP contribution in [-0.2, 0) is 22.6 Å². The molecule has 26 heavy (non-hydrogen) atoms. The minimum Gasteiger partial charge on any atom is -0.486 e. The third-order valence-corrected chi connectivity index (χ3v) is 4.54. The average Bonchev–Trinajstić information content (AvgIpc) is 3.00. The van der Waals surface area contributed by atoms with Gasteiger partial charge in [-0.05, 0) is 31.4 Å². The number of ether oxygens (including phenoxy) is 1. The Balaban J connectivity index is 1.85. The molecule has 0 radical (unpaired) electrons. The molecule has 0 spiro atoms. The summed E-state index contributed by atoms with van der Waals surface area (Å²) in [6.45, 7) is 6.18. The minimum atomic E-state index is -1.02. The molecule has 0 saturated carbocycles. The molecule has 1 atom stereocenters. The SMILES string of the molecule is Cc1ccc(OCc2nc(CC(=O)N[C@H](CC(C)C)C(=O)O)cs2)cc1. The van der Waals surface area contributed by atoms with Crippen molar-refractivity contribution in [3.05, 3.63) is 45.9 Å². The maximum Gasteiger partial charge on any atom is 0.326 e. The molecule has 0 unspecified atom stereocenters. The first-order chi connectivity index (χ1) is 12.3. The molecule has 0 bridgehead atoms. The fourth-order valence-corrected chi connectivity index (χ4v) is 3.08. The number of nitrogens with one attached hydrogen (secondary N) is 1. The molecule has 0 fully saturated rings. The Hall–Kier alpha value is -2.41. The molecule has 6 nitrogen and oxygen atoms in total. The number of carboxylic acids is 1. The van der Waals surface area contributed by atoms with Crippen LogP contribution in [0, 0.1) is 12.8 Å². The standard InChI is InChI=1S/C19H24N2O4S/c1-12(2)8-16(19(23)24)21-17(22)9-14-11-26-18(20-14)10-25-15-6-4-13(3)5-7-15/h4-7,11-12,16H,8-10H2,1-3H3,(H,21,22)(H,23,24)/t16-/m1/s1. The minimum absolute atomic E-state index is 0.0584. The summed E-state index contributed by atoms with van der Waals surface area (Å²) in [4.78, 5) is 27.7. The third kappa shape index (κ3) is 6.48. The highest BCUT2D eigenvalue weighted by Gasteiger charge is 2.21. The van der Waals surface area contributed by atoms with E-state index in [0.29, 0.717) is 18.7 Å². The number of hydrogen-bond acceptors (Lipinski definition) is 5. The first-order valence-corrected chi connectivity index (χ1v) is 9.36. The normalized spacial score (nSPS) is 12.0. The van der Waals surface area contributed by atoms with Crippen molar-refractivity contribution in [3.63, 3.8) is 0 Å². The van der Waals surface area contributed by atoms with Gasteiger partial charge in [0.25, 0.3) is 0 Å². The van der Waals surface area contributed by atoms with Crippen molar-refractivity contribution in [2.24, 2.45) is 5.92 Å². The van der Waals surface area contributed by atoms with Crippen molar-refractivity contribution in [2.45, 2.75) is 46.3 Å². The molecule has 0 aliphatic rings. The van der Waals surface area contributed by atoms with Gasteiger partial charge in [-0.3, -0.25) is 4.79 Å². The second-order valence-electron chi connectivity index (χ2n) is 6.60. The number of carbonyl (C=O) groups excluding carboxylic acids is 1. The van der Waals surface area contributed by atoms with Gasteiger partial charge in [0.05, 0.1) is 12.1 Å². The molecule has 140 valence electrons. The summed E-state index contributed by atoms with van der Waals surface area (Å²) in [5.41, 5.74) is 1.78. The number of rotatable bonds is 9. The highest BCUT2D eigenvalue weighted by Crippen LogP contribution is 2.16. The summed E-state index contributed by atoms with van der Waals surface area (Å²) in [6, 6.07) is 6.88. The lowest BCUT2D eigenvalue weighted by Gasteiger charge is -2.16. The molecule has 2 N–H and O–H groups in total. The van der Waals surface area contributed by atoms with Crippen LogP contribution in [0.4, 0.5) is 0 Å². The summed E-state index contributed by atoms with van der Waals surface area (Å²) in [7, 11) is 0. The molecule has 7 heteroatoms. The van der Waals surface area contributed by atoms with Crippen LogP contribution in [0.2, 0.25) is 0 Å². The van der Waals surface area contributed by atoms with E-state index in [-0.39, 0.29) is 18.2 Å². The molecule has 1 heterocycles. The maximum absolute atomic E-state index is 12.1. The summed E-state index contributed by atoms with van der Waals surface area (Å²) >= 11 is 1.42. The quantitative estimate of drug-likeness (QED) is 0.702. The average molecular weight is 376 g/mol. The van der Waals surface area contributed by atoms with Gasteiger partial charge < -0.3 is 15.2 Å². The van der Waals surface area contributed by atoms with Crippen LogP contribution in [0.5, 0.6) is 5.75 Å². The summed E-state index contributed by atoms with van der Waals surface area (Å²) in [5, 5.41) is 14.3. The van der Waals surface area contributed by atoms with E-state index in [0.717, 1.165) is 16.3 Å². The number of hydrogen-bond donors (Lipinski definition) is 2. The molecule has 1 aromatic heterocycles. The predicted octanol–water partition coefficient (Wildman–Crippen LogP) is 3.19. The fourth-order valence-electron chi connectivity index (χ4n) is 2.38. The number of carbonyl (C=O) groups is 2. The van der Waals surface area contributed by atoms with Crippen LogP contribution in [0.25, 0.3) is 0 Å². The Kier molecular flexibility index (Phi) is 7.15. The van der Waals surface area contributed by atoms with E-state index in [9.17, 15) is 14.7 Å². The zero-order chi connectivity index (χ0) is 19.1. The van der Waals surface area contributed by atoms with Crippen LogP contribution in [0.15, 0.2) is 29.6 Å². The maximum atomic E-state index is 12.1. The second-order valence-corrected chi connectivity index (χ2v) is 7.54. The van der Waals surface area contributed by atoms with E-state index in [4.69, 9.17) is 4.74 Å². The van der Waals surface area contributed by atoms with Gasteiger partial charge in [-0.1, -0.05) is 31.5 Å². The predicted molar refractivity (Wildman–Crippen MR) is 100 cm³/mol. The summed E-state index contributed by atoms with van der Waals surface area (Å²) in [5.74, 6) is -0.406. The van der Waals surface area contributed by atoms with Crippen LogP contribution in [0.3, 0.4) is 0 Å². The van der Waals surface area contributed by atoms with Crippen molar-refractivity contribution in [2.75, 3.05) is 0 Å². The molecular weight excluding hydrogens is 352 g/mol. The number of carboxylic acid groups (broad SMARTS) is 1. The van der Waals surface area contributed by atoms with E-state index in [1.807, 2.05) is 45.0 Å². The van der Waals surface area contributed by atoms with Gasteiger partial charge in [-0.15, -0.1) is 11.3 Å². The van der Waals surface area contributed by atoms with Gasteiger partial charge in [0.1, 0.15) is 23.4 Å². The number of aryl methyl sites for hydroxylation is 1. The van der Waals surface area contributed by atoms with Gasteiger partial charge in [-0.25, -0.2) is 9.78 Å². The van der Waals surface area contributed by atoms with E-state index in [1.54, 1.807) is 5.38 Å². The van der Waals surface area contributed by atoms with Gasteiger partial charge in [-0.2, -0.15) is 0 Å². The highest BCUT2D eigenvalue weighted by molar-refractivity contribution is 7.09. The largest absolute Gasteiger partial charge is 0.486 e. The zero-order valence-electron chi connectivity index (χ0n) is 15.2. The number of aliphatic carboxylic acids is 1. The lowest BCUT2D eigenvalue weighted by Crippen LogP contribution is -2.42. The van der Waals surface area contributed by atoms with Gasteiger partial charge >= 0.3 is 5.97 Å². The molecule has 2 rings (SSSR count). The van der Waals surface area contributed by atoms with Gasteiger partial charge in [0.2, 0.25) is 5.91 Å². The molecule has 0 aliphatic carbocycles. The van der Waals surface area contributed by atoms with Crippen LogP contribution < -0.4 is 10.1 Å². The Bertz CT molecular complexity index is 740.